The molecule has 2 nitrogen and oxygen atoms in total. The molecule has 19 heavy (non-hydrogen) atoms. The van der Waals surface area contributed by atoms with Gasteiger partial charge in [0, 0.05) is 18.8 Å². The fourth-order valence-corrected chi connectivity index (χ4v) is 2.22. The Morgan fingerprint density at radius 3 is 2.16 bits per heavy atom. The highest BCUT2D eigenvalue weighted by Gasteiger charge is 2.04. The third kappa shape index (κ3) is 3.83. The Morgan fingerprint density at radius 1 is 0.895 bits per heavy atom. The van der Waals surface area contributed by atoms with Crippen LogP contribution in [0, 0.1) is 0 Å². The van der Waals surface area contributed by atoms with Gasteiger partial charge in [-0.15, -0.1) is 0 Å². The van der Waals surface area contributed by atoms with E-state index in [1.54, 1.807) is 0 Å². The van der Waals surface area contributed by atoms with E-state index >= 15 is 0 Å². The molecule has 0 heterocycles. The molecule has 0 spiro atoms. The molecule has 0 aromatic heterocycles. The van der Waals surface area contributed by atoms with Crippen molar-refractivity contribution in [3.05, 3.63) is 65.2 Å². The molecule has 2 aromatic rings. The summed E-state index contributed by atoms with van der Waals surface area (Å²) in [5, 5.41) is 0. The Hall–Kier alpha value is -1.80. The first-order valence-electron chi connectivity index (χ1n) is 6.78. The number of nitrogens with zero attached hydrogens (tertiary/aromatic N) is 1. The number of nitrogen functional groups attached to an aromatic ring is 1. The minimum atomic E-state index is 0.871. The molecule has 100 valence electrons. The Bertz CT molecular complexity index is 517. The number of benzene rings is 2. The van der Waals surface area contributed by atoms with Crippen molar-refractivity contribution in [2.24, 2.45) is 0 Å². The maximum Gasteiger partial charge on any atom is 0.0359 e. The Morgan fingerprint density at radius 2 is 1.53 bits per heavy atom. The smallest absolute Gasteiger partial charge is 0.0359 e. The molecule has 0 bridgehead atoms. The molecule has 2 N–H and O–H groups in total. The van der Waals surface area contributed by atoms with Crippen LogP contribution in [0.25, 0.3) is 0 Å². The maximum absolute atomic E-state index is 5.97. The summed E-state index contributed by atoms with van der Waals surface area (Å²) in [6.45, 7) is 4.00. The second-order valence-electron chi connectivity index (χ2n) is 5.04. The lowest BCUT2D eigenvalue weighted by Gasteiger charge is -2.18. The Kier molecular flexibility index (Phi) is 4.58. The number of nitrogens with two attached hydrogens (primary N) is 1. The highest BCUT2D eigenvalue weighted by Crippen LogP contribution is 2.14. The minimum absolute atomic E-state index is 0.871. The fraction of sp³-hybridized carbons (Fsp3) is 0.294. The zero-order valence-corrected chi connectivity index (χ0v) is 11.8. The van der Waals surface area contributed by atoms with Gasteiger partial charge >= 0.3 is 0 Å². The Labute approximate surface area is 115 Å². The maximum atomic E-state index is 5.97. The summed E-state index contributed by atoms with van der Waals surface area (Å²) in [4.78, 5) is 2.28. The lowest BCUT2D eigenvalue weighted by atomic mass is 10.1. The van der Waals surface area contributed by atoms with Crippen LogP contribution in [0.3, 0.4) is 0 Å². The van der Waals surface area contributed by atoms with Gasteiger partial charge in [-0.1, -0.05) is 49.4 Å². The lowest BCUT2D eigenvalue weighted by molar-refractivity contribution is 0.319. The van der Waals surface area contributed by atoms with Crippen LogP contribution < -0.4 is 5.73 Å². The highest BCUT2D eigenvalue weighted by molar-refractivity contribution is 5.46. The van der Waals surface area contributed by atoms with E-state index in [0.717, 1.165) is 25.2 Å². The van der Waals surface area contributed by atoms with Gasteiger partial charge in [0.2, 0.25) is 0 Å². The van der Waals surface area contributed by atoms with Crippen molar-refractivity contribution in [1.29, 1.82) is 0 Å². The number of anilines is 1. The van der Waals surface area contributed by atoms with Crippen molar-refractivity contribution < 1.29 is 0 Å². The summed E-state index contributed by atoms with van der Waals surface area (Å²) in [6.07, 6.45) is 1.09. The van der Waals surface area contributed by atoms with E-state index in [2.05, 4.69) is 49.2 Å². The number of hydrogen-bond acceptors (Lipinski definition) is 2. The second kappa shape index (κ2) is 6.39. The molecule has 0 amide bonds. The quantitative estimate of drug-likeness (QED) is 0.828. The van der Waals surface area contributed by atoms with Gasteiger partial charge in [0.15, 0.2) is 0 Å². The zero-order valence-electron chi connectivity index (χ0n) is 11.8. The summed E-state index contributed by atoms with van der Waals surface area (Å²) in [7, 11) is 2.13. The van der Waals surface area contributed by atoms with Crippen molar-refractivity contribution in [3.8, 4) is 0 Å². The predicted molar refractivity (Wildman–Crippen MR) is 81.8 cm³/mol. The molecular formula is C17H22N2. The van der Waals surface area contributed by atoms with E-state index in [0.29, 0.717) is 0 Å². The number of hydrogen-bond donors (Lipinski definition) is 1. The summed E-state index contributed by atoms with van der Waals surface area (Å²) < 4.78 is 0. The number of para-hydroxylation sites is 1. The molecule has 0 fully saturated rings. The molecule has 0 aliphatic carbocycles. The van der Waals surface area contributed by atoms with Crippen LogP contribution in [-0.4, -0.2) is 11.9 Å². The van der Waals surface area contributed by atoms with Gasteiger partial charge in [-0.25, -0.2) is 0 Å². The molecule has 0 unspecified atom stereocenters. The highest BCUT2D eigenvalue weighted by atomic mass is 15.1. The second-order valence-corrected chi connectivity index (χ2v) is 5.04. The van der Waals surface area contributed by atoms with Crippen LogP contribution >= 0.6 is 0 Å². The van der Waals surface area contributed by atoms with Gasteiger partial charge in [0.1, 0.15) is 0 Å². The van der Waals surface area contributed by atoms with Gasteiger partial charge < -0.3 is 5.73 Å². The standard InChI is InChI=1S/C17H22N2/c1-3-14-8-10-15(11-9-14)12-19(2)13-16-6-4-5-7-17(16)18/h4-11H,3,12-13,18H2,1-2H3. The molecule has 2 rings (SSSR count). The zero-order chi connectivity index (χ0) is 13.7. The van der Waals surface area contributed by atoms with Gasteiger partial charge in [-0.05, 0) is 36.2 Å². The van der Waals surface area contributed by atoms with E-state index < -0.39 is 0 Å². The third-order valence-corrected chi connectivity index (χ3v) is 3.38. The summed E-state index contributed by atoms with van der Waals surface area (Å²) in [5.41, 5.74) is 10.8. The van der Waals surface area contributed by atoms with Gasteiger partial charge in [-0.3, -0.25) is 4.90 Å². The van der Waals surface area contributed by atoms with Crippen molar-refractivity contribution in [2.75, 3.05) is 12.8 Å². The average Bonchev–Trinajstić information content (AvgIpc) is 2.42. The first-order valence-corrected chi connectivity index (χ1v) is 6.78. The molecule has 0 saturated carbocycles. The molecule has 0 saturated heterocycles. The molecule has 0 atom stereocenters. The van der Waals surface area contributed by atoms with Crippen molar-refractivity contribution in [1.82, 2.24) is 4.90 Å². The van der Waals surface area contributed by atoms with Crippen LogP contribution in [0.15, 0.2) is 48.5 Å². The average molecular weight is 254 g/mol. The van der Waals surface area contributed by atoms with Crippen LogP contribution in [-0.2, 0) is 19.5 Å². The summed E-state index contributed by atoms with van der Waals surface area (Å²) in [5.74, 6) is 0. The first kappa shape index (κ1) is 13.6. The van der Waals surface area contributed by atoms with Crippen molar-refractivity contribution in [3.63, 3.8) is 0 Å². The molecule has 0 aliphatic heterocycles. The SMILES string of the molecule is CCc1ccc(CN(C)Cc2ccccc2N)cc1. The monoisotopic (exact) mass is 254 g/mol. The van der Waals surface area contributed by atoms with Crippen LogP contribution in [0.1, 0.15) is 23.6 Å². The molecule has 2 aromatic carbocycles. The van der Waals surface area contributed by atoms with Crippen LogP contribution in [0.4, 0.5) is 5.69 Å². The van der Waals surface area contributed by atoms with Crippen molar-refractivity contribution >= 4 is 5.69 Å². The minimum Gasteiger partial charge on any atom is -0.398 e. The largest absolute Gasteiger partial charge is 0.398 e. The summed E-state index contributed by atoms with van der Waals surface area (Å²) in [6, 6.07) is 16.9. The van der Waals surface area contributed by atoms with Crippen molar-refractivity contribution in [2.45, 2.75) is 26.4 Å². The van der Waals surface area contributed by atoms with E-state index in [-0.39, 0.29) is 0 Å². The number of aryl methyl sites for hydroxylation is 1. The number of rotatable bonds is 5. The van der Waals surface area contributed by atoms with E-state index in [9.17, 15) is 0 Å². The van der Waals surface area contributed by atoms with Gasteiger partial charge in [0.05, 0.1) is 0 Å². The molecule has 0 aliphatic rings. The van der Waals surface area contributed by atoms with Crippen LogP contribution in [0.2, 0.25) is 0 Å². The fourth-order valence-electron chi connectivity index (χ4n) is 2.22. The first-order chi connectivity index (χ1) is 9.19. The Balaban J connectivity index is 1.97. The van der Waals surface area contributed by atoms with E-state index in [1.165, 1.54) is 16.7 Å². The van der Waals surface area contributed by atoms with Gasteiger partial charge in [0.25, 0.3) is 0 Å². The van der Waals surface area contributed by atoms with Crippen LogP contribution in [0.5, 0.6) is 0 Å². The normalized spacial score (nSPS) is 10.9. The predicted octanol–water partition coefficient (Wildman–Crippen LogP) is 3.46. The van der Waals surface area contributed by atoms with E-state index in [4.69, 9.17) is 5.73 Å². The topological polar surface area (TPSA) is 29.3 Å². The summed E-state index contributed by atoms with van der Waals surface area (Å²) >= 11 is 0. The third-order valence-electron chi connectivity index (χ3n) is 3.38. The molecule has 0 radical (unpaired) electrons. The van der Waals surface area contributed by atoms with E-state index in [1.807, 2.05) is 18.2 Å². The molecule has 2 heteroatoms. The lowest BCUT2D eigenvalue weighted by Crippen LogP contribution is -2.18. The molecular weight excluding hydrogens is 232 g/mol. The van der Waals surface area contributed by atoms with Gasteiger partial charge in [-0.2, -0.15) is 0 Å².